The second-order valence-electron chi connectivity index (χ2n) is 3.79. The van der Waals surface area contributed by atoms with Crippen LogP contribution in [-0.2, 0) is 4.74 Å². The van der Waals surface area contributed by atoms with Crippen LogP contribution in [0.25, 0.3) is 10.9 Å². The number of carbonyl (C=O) groups is 1. The van der Waals surface area contributed by atoms with Gasteiger partial charge < -0.3 is 9.72 Å². The Bertz CT molecular complexity index is 620. The largest absolute Gasteiger partial charge is 0.461 e. The van der Waals surface area contributed by atoms with Gasteiger partial charge in [-0.3, -0.25) is 0 Å². The van der Waals surface area contributed by atoms with E-state index in [9.17, 15) is 4.79 Å². The summed E-state index contributed by atoms with van der Waals surface area (Å²) in [6.45, 7) is 3.99. The molecule has 0 saturated heterocycles. The summed E-state index contributed by atoms with van der Waals surface area (Å²) in [7, 11) is 0. The summed E-state index contributed by atoms with van der Waals surface area (Å²) in [6.07, 6.45) is 0. The van der Waals surface area contributed by atoms with Crippen molar-refractivity contribution in [3.05, 3.63) is 35.0 Å². The van der Waals surface area contributed by atoms with Gasteiger partial charge in [0.25, 0.3) is 0 Å². The van der Waals surface area contributed by atoms with Crippen LogP contribution in [0.1, 0.15) is 28.5 Å². The summed E-state index contributed by atoms with van der Waals surface area (Å²) in [5.41, 5.74) is 2.70. The van der Waals surface area contributed by atoms with Crippen molar-refractivity contribution in [2.75, 3.05) is 6.61 Å². The number of hydrogen-bond acceptors (Lipinski definition) is 3. The molecule has 0 aliphatic rings. The van der Waals surface area contributed by atoms with Gasteiger partial charge in [-0.25, -0.2) is 4.79 Å². The van der Waals surface area contributed by atoms with Crippen molar-refractivity contribution in [3.63, 3.8) is 0 Å². The second-order valence-corrected chi connectivity index (χ2v) is 3.79. The maximum Gasteiger partial charge on any atom is 0.354 e. The Morgan fingerprint density at radius 2 is 2.24 bits per heavy atom. The molecule has 1 aromatic heterocycles. The molecule has 86 valence electrons. The number of nitrogens with zero attached hydrogens (tertiary/aromatic N) is 1. The second kappa shape index (κ2) is 4.30. The molecule has 0 radical (unpaired) electrons. The first-order chi connectivity index (χ1) is 8.15. The zero-order valence-electron chi connectivity index (χ0n) is 9.70. The van der Waals surface area contributed by atoms with E-state index in [1.165, 1.54) is 0 Å². The molecule has 4 heteroatoms. The molecule has 1 aromatic carbocycles. The minimum atomic E-state index is -0.398. The topological polar surface area (TPSA) is 65.9 Å². The Morgan fingerprint density at radius 3 is 2.88 bits per heavy atom. The number of ether oxygens (including phenoxy) is 1. The number of carbonyl (C=O) groups excluding carboxylic acids is 1. The van der Waals surface area contributed by atoms with Crippen molar-refractivity contribution in [1.29, 1.82) is 5.26 Å². The fourth-order valence-corrected chi connectivity index (χ4v) is 1.79. The molecule has 0 spiro atoms. The van der Waals surface area contributed by atoms with Gasteiger partial charge in [0.1, 0.15) is 5.69 Å². The standard InChI is InChI=1S/C13H12N2O2/c1-3-17-13(16)12-6-10-9(7-14)4-8(2)5-11(10)15-12/h4-6,15H,3H2,1-2H3. The van der Waals surface area contributed by atoms with E-state index in [4.69, 9.17) is 10.00 Å². The van der Waals surface area contributed by atoms with Crippen molar-refractivity contribution in [2.24, 2.45) is 0 Å². The summed E-state index contributed by atoms with van der Waals surface area (Å²) in [6, 6.07) is 7.48. The lowest BCUT2D eigenvalue weighted by Crippen LogP contribution is -2.04. The number of rotatable bonds is 2. The third-order valence-corrected chi connectivity index (χ3v) is 2.50. The van der Waals surface area contributed by atoms with E-state index in [1.807, 2.05) is 13.0 Å². The van der Waals surface area contributed by atoms with Gasteiger partial charge in [0, 0.05) is 10.9 Å². The van der Waals surface area contributed by atoms with Gasteiger partial charge in [-0.05, 0) is 37.6 Å². The highest BCUT2D eigenvalue weighted by Crippen LogP contribution is 2.21. The fourth-order valence-electron chi connectivity index (χ4n) is 1.79. The lowest BCUT2D eigenvalue weighted by atomic mass is 10.1. The molecule has 0 aliphatic heterocycles. The number of aryl methyl sites for hydroxylation is 1. The first-order valence-electron chi connectivity index (χ1n) is 5.36. The molecule has 4 nitrogen and oxygen atoms in total. The quantitative estimate of drug-likeness (QED) is 0.803. The third-order valence-electron chi connectivity index (χ3n) is 2.50. The molecule has 0 fully saturated rings. The molecule has 1 N–H and O–H groups in total. The molecule has 0 bridgehead atoms. The molecule has 0 saturated carbocycles. The molecular weight excluding hydrogens is 216 g/mol. The summed E-state index contributed by atoms with van der Waals surface area (Å²) < 4.78 is 4.91. The number of aromatic amines is 1. The van der Waals surface area contributed by atoms with E-state index >= 15 is 0 Å². The maximum atomic E-state index is 11.6. The molecule has 0 unspecified atom stereocenters. The number of aromatic nitrogens is 1. The number of hydrogen-bond donors (Lipinski definition) is 1. The van der Waals surface area contributed by atoms with Crippen LogP contribution in [0, 0.1) is 18.3 Å². The van der Waals surface area contributed by atoms with E-state index in [2.05, 4.69) is 11.1 Å². The van der Waals surface area contributed by atoms with Gasteiger partial charge in [0.15, 0.2) is 0 Å². The van der Waals surface area contributed by atoms with Crippen molar-refractivity contribution in [1.82, 2.24) is 4.98 Å². The zero-order valence-corrected chi connectivity index (χ0v) is 9.70. The van der Waals surface area contributed by atoms with E-state index in [0.29, 0.717) is 17.9 Å². The van der Waals surface area contributed by atoms with Crippen molar-refractivity contribution >= 4 is 16.9 Å². The van der Waals surface area contributed by atoms with Crippen LogP contribution in [0.4, 0.5) is 0 Å². The number of nitrogens with one attached hydrogen (secondary N) is 1. The highest BCUT2D eigenvalue weighted by atomic mass is 16.5. The number of benzene rings is 1. The Labute approximate surface area is 98.8 Å². The maximum absolute atomic E-state index is 11.6. The normalized spacial score (nSPS) is 10.2. The van der Waals surface area contributed by atoms with Crippen LogP contribution < -0.4 is 0 Å². The fraction of sp³-hybridized carbons (Fsp3) is 0.231. The van der Waals surface area contributed by atoms with Crippen molar-refractivity contribution in [3.8, 4) is 6.07 Å². The van der Waals surface area contributed by atoms with Crippen molar-refractivity contribution in [2.45, 2.75) is 13.8 Å². The highest BCUT2D eigenvalue weighted by Gasteiger charge is 2.12. The molecule has 0 amide bonds. The van der Waals surface area contributed by atoms with Gasteiger partial charge in [-0.15, -0.1) is 0 Å². The van der Waals surface area contributed by atoms with Crippen LogP contribution in [0.15, 0.2) is 18.2 Å². The SMILES string of the molecule is CCOC(=O)c1cc2c(C#N)cc(C)cc2[nH]1. The molecule has 1 heterocycles. The molecule has 2 aromatic rings. The first kappa shape index (κ1) is 11.2. The monoisotopic (exact) mass is 228 g/mol. The van der Waals surface area contributed by atoms with Gasteiger partial charge in [-0.2, -0.15) is 5.26 Å². The molecular formula is C13H12N2O2. The number of esters is 1. The minimum absolute atomic E-state index is 0.332. The summed E-state index contributed by atoms with van der Waals surface area (Å²) in [5, 5.41) is 9.78. The smallest absolute Gasteiger partial charge is 0.354 e. The van der Waals surface area contributed by atoms with Crippen LogP contribution in [0.5, 0.6) is 0 Å². The van der Waals surface area contributed by atoms with E-state index in [-0.39, 0.29) is 0 Å². The summed E-state index contributed by atoms with van der Waals surface area (Å²) in [5.74, 6) is -0.398. The predicted molar refractivity (Wildman–Crippen MR) is 63.7 cm³/mol. The molecule has 17 heavy (non-hydrogen) atoms. The Balaban J connectivity index is 2.58. The van der Waals surface area contributed by atoms with Gasteiger partial charge >= 0.3 is 5.97 Å². The average Bonchev–Trinajstić information content (AvgIpc) is 2.71. The van der Waals surface area contributed by atoms with E-state index < -0.39 is 5.97 Å². The summed E-state index contributed by atoms with van der Waals surface area (Å²) >= 11 is 0. The van der Waals surface area contributed by atoms with E-state index in [1.54, 1.807) is 19.1 Å². The molecule has 2 rings (SSSR count). The highest BCUT2D eigenvalue weighted by molar-refractivity contribution is 5.97. The number of fused-ring (bicyclic) bond motifs is 1. The van der Waals surface area contributed by atoms with E-state index in [0.717, 1.165) is 16.5 Å². The lowest BCUT2D eigenvalue weighted by molar-refractivity contribution is 0.0520. The number of H-pyrrole nitrogens is 1. The van der Waals surface area contributed by atoms with Gasteiger partial charge in [-0.1, -0.05) is 0 Å². The Morgan fingerprint density at radius 1 is 1.47 bits per heavy atom. The zero-order chi connectivity index (χ0) is 12.4. The van der Waals surface area contributed by atoms with Crippen LogP contribution in [-0.4, -0.2) is 17.6 Å². The van der Waals surface area contributed by atoms with Crippen molar-refractivity contribution < 1.29 is 9.53 Å². The third kappa shape index (κ3) is 2.00. The summed E-state index contributed by atoms with van der Waals surface area (Å²) in [4.78, 5) is 14.5. The molecule has 0 aliphatic carbocycles. The van der Waals surface area contributed by atoms with Gasteiger partial charge in [0.05, 0.1) is 18.2 Å². The average molecular weight is 228 g/mol. The number of nitriles is 1. The van der Waals surface area contributed by atoms with Crippen LogP contribution in [0.2, 0.25) is 0 Å². The molecule has 0 atom stereocenters. The Kier molecular flexibility index (Phi) is 2.84. The van der Waals surface area contributed by atoms with Crippen LogP contribution in [0.3, 0.4) is 0 Å². The predicted octanol–water partition coefficient (Wildman–Crippen LogP) is 2.52. The first-order valence-corrected chi connectivity index (χ1v) is 5.36. The van der Waals surface area contributed by atoms with Gasteiger partial charge in [0.2, 0.25) is 0 Å². The lowest BCUT2D eigenvalue weighted by Gasteiger charge is -1.96. The minimum Gasteiger partial charge on any atom is -0.461 e. The Hall–Kier alpha value is -2.28. The van der Waals surface area contributed by atoms with Crippen LogP contribution >= 0.6 is 0 Å².